The van der Waals surface area contributed by atoms with Crippen molar-refractivity contribution in [1.29, 1.82) is 0 Å². The Morgan fingerprint density at radius 3 is 2.75 bits per heavy atom. The van der Waals surface area contributed by atoms with E-state index < -0.39 is 0 Å². The number of nitrogens with one attached hydrogen (secondary N) is 1. The molecule has 10 heteroatoms. The summed E-state index contributed by atoms with van der Waals surface area (Å²) in [5.41, 5.74) is 5.17. The molecule has 1 unspecified atom stereocenters. The first kappa shape index (κ1) is 20.9. The highest BCUT2D eigenvalue weighted by atomic mass is 35.5. The number of fused-ring (bicyclic) bond motifs is 2. The van der Waals surface area contributed by atoms with Gasteiger partial charge >= 0.3 is 0 Å². The fraction of sp³-hybridized carbons (Fsp3) is 0.318. The quantitative estimate of drug-likeness (QED) is 0.744. The topological polar surface area (TPSA) is 92.5 Å². The van der Waals surface area contributed by atoms with E-state index in [4.69, 9.17) is 23.2 Å². The molecule has 32 heavy (non-hydrogen) atoms. The molecule has 0 bridgehead atoms. The number of carbonyl (C=O) groups is 2. The number of hydrogen-bond donors (Lipinski definition) is 1. The predicted octanol–water partition coefficient (Wildman–Crippen LogP) is 2.88. The van der Waals surface area contributed by atoms with Crippen LogP contribution in [-0.4, -0.2) is 56.6 Å². The van der Waals surface area contributed by atoms with E-state index in [2.05, 4.69) is 20.6 Å². The monoisotopic (exact) mass is 470 g/mol. The number of aliphatic imine (C=N–C) groups is 1. The Morgan fingerprint density at radius 2 is 2.03 bits per heavy atom. The van der Waals surface area contributed by atoms with Gasteiger partial charge in [0.15, 0.2) is 0 Å². The summed E-state index contributed by atoms with van der Waals surface area (Å²) in [5.74, 6) is -0.568. The van der Waals surface area contributed by atoms with Crippen LogP contribution >= 0.6 is 23.2 Å². The molecule has 8 nitrogen and oxygen atoms in total. The van der Waals surface area contributed by atoms with Crippen molar-refractivity contribution < 1.29 is 9.59 Å². The molecule has 1 atom stereocenters. The van der Waals surface area contributed by atoms with Crippen LogP contribution in [0.3, 0.4) is 0 Å². The van der Waals surface area contributed by atoms with Gasteiger partial charge in [0.25, 0.3) is 11.8 Å². The van der Waals surface area contributed by atoms with Crippen molar-refractivity contribution in [2.75, 3.05) is 13.1 Å². The molecule has 164 valence electrons. The summed E-state index contributed by atoms with van der Waals surface area (Å²) >= 11 is 13.4. The largest absolute Gasteiger partial charge is 0.379 e. The SMILES string of the molecule is CC1=NC(=O)C(CN2CCc3c(Cl)cc(-c4c(C)nnn4C)c(Cl)c3C2=O)=C2C=CNC12. The maximum Gasteiger partial charge on any atom is 0.275 e. The van der Waals surface area contributed by atoms with Crippen molar-refractivity contribution in [3.05, 3.63) is 56.4 Å². The minimum atomic E-state index is -0.310. The second-order valence-corrected chi connectivity index (χ2v) is 8.91. The Morgan fingerprint density at radius 1 is 1.25 bits per heavy atom. The first-order valence-electron chi connectivity index (χ1n) is 10.2. The molecule has 1 aromatic carbocycles. The Labute approximate surface area is 194 Å². The van der Waals surface area contributed by atoms with Gasteiger partial charge in [-0.2, -0.15) is 0 Å². The third-order valence-electron chi connectivity index (χ3n) is 6.19. The molecule has 3 aliphatic heterocycles. The minimum absolute atomic E-state index is 0.125. The Balaban J connectivity index is 1.55. The molecule has 0 saturated heterocycles. The first-order valence-corrected chi connectivity index (χ1v) is 11.0. The maximum absolute atomic E-state index is 13.6. The third kappa shape index (κ3) is 3.09. The van der Waals surface area contributed by atoms with E-state index in [1.807, 2.05) is 19.9 Å². The highest BCUT2D eigenvalue weighted by Gasteiger charge is 2.35. The molecule has 4 heterocycles. The van der Waals surface area contributed by atoms with Crippen LogP contribution in [0.5, 0.6) is 0 Å². The molecule has 2 aromatic rings. The number of dihydropyridines is 1. The number of hydrogen-bond acceptors (Lipinski definition) is 5. The lowest BCUT2D eigenvalue weighted by molar-refractivity contribution is -0.114. The summed E-state index contributed by atoms with van der Waals surface area (Å²) in [4.78, 5) is 32.0. The van der Waals surface area contributed by atoms with Gasteiger partial charge in [-0.3, -0.25) is 9.59 Å². The fourth-order valence-corrected chi connectivity index (χ4v) is 5.23. The van der Waals surface area contributed by atoms with Crippen LogP contribution in [-0.2, 0) is 18.3 Å². The zero-order valence-corrected chi connectivity index (χ0v) is 19.3. The predicted molar refractivity (Wildman–Crippen MR) is 122 cm³/mol. The fourth-order valence-electron chi connectivity index (χ4n) is 4.60. The van der Waals surface area contributed by atoms with Crippen molar-refractivity contribution in [2.24, 2.45) is 12.0 Å². The summed E-state index contributed by atoms with van der Waals surface area (Å²) in [7, 11) is 1.76. The molecule has 3 aliphatic rings. The number of benzene rings is 1. The van der Waals surface area contributed by atoms with E-state index in [1.165, 1.54) is 0 Å². The summed E-state index contributed by atoms with van der Waals surface area (Å²) < 4.78 is 1.61. The molecule has 0 saturated carbocycles. The van der Waals surface area contributed by atoms with Crippen molar-refractivity contribution in [3.8, 4) is 11.3 Å². The van der Waals surface area contributed by atoms with Crippen LogP contribution < -0.4 is 5.32 Å². The summed E-state index contributed by atoms with van der Waals surface area (Å²) in [5, 5.41) is 12.1. The minimum Gasteiger partial charge on any atom is -0.379 e. The molecule has 2 amide bonds. The third-order valence-corrected chi connectivity index (χ3v) is 6.92. The lowest BCUT2D eigenvalue weighted by atomic mass is 9.92. The van der Waals surface area contributed by atoms with Crippen molar-refractivity contribution in [1.82, 2.24) is 25.2 Å². The number of carbonyl (C=O) groups excluding carboxylic acids is 2. The van der Waals surface area contributed by atoms with E-state index in [1.54, 1.807) is 28.9 Å². The zero-order chi connectivity index (χ0) is 22.7. The van der Waals surface area contributed by atoms with Gasteiger partial charge in [-0.25, -0.2) is 9.67 Å². The van der Waals surface area contributed by atoms with Crippen LogP contribution in [0.1, 0.15) is 28.5 Å². The van der Waals surface area contributed by atoms with Crippen LogP contribution in [0.25, 0.3) is 11.3 Å². The molecular formula is C22H20Cl2N6O2. The van der Waals surface area contributed by atoms with Gasteiger partial charge in [-0.05, 0) is 49.7 Å². The Bertz CT molecular complexity index is 1270. The molecule has 0 fully saturated rings. The highest BCUT2D eigenvalue weighted by Crippen LogP contribution is 2.40. The van der Waals surface area contributed by atoms with E-state index in [0.29, 0.717) is 56.8 Å². The lowest BCUT2D eigenvalue weighted by Gasteiger charge is -2.32. The standard InChI is InChI=1S/C22H20Cl2N6O2/c1-10-19-12(4-6-25-19)15(21(31)26-10)9-30-7-5-13-16(23)8-14(18(24)17(13)22(30)32)20-11(2)27-28-29(20)3/h4,6,8,19,25H,5,7,9H2,1-3H3. The van der Waals surface area contributed by atoms with Crippen molar-refractivity contribution >= 4 is 40.7 Å². The zero-order valence-electron chi connectivity index (χ0n) is 17.7. The number of aromatic nitrogens is 3. The average Bonchev–Trinajstić information content (AvgIpc) is 3.36. The van der Waals surface area contributed by atoms with Gasteiger partial charge in [0.1, 0.15) is 0 Å². The Hall–Kier alpha value is -2.97. The highest BCUT2D eigenvalue weighted by molar-refractivity contribution is 6.39. The molecule has 1 N–H and O–H groups in total. The van der Waals surface area contributed by atoms with E-state index in [-0.39, 0.29) is 24.4 Å². The van der Waals surface area contributed by atoms with E-state index in [0.717, 1.165) is 11.1 Å². The molecule has 0 spiro atoms. The number of halogens is 2. The number of nitrogens with zero attached hydrogens (tertiary/aromatic N) is 5. The maximum atomic E-state index is 13.6. The second kappa shape index (κ2) is 7.56. The van der Waals surface area contributed by atoms with Gasteiger partial charge in [0, 0.05) is 35.5 Å². The lowest BCUT2D eigenvalue weighted by Crippen LogP contribution is -2.42. The molecule has 1 aromatic heterocycles. The molecule has 0 radical (unpaired) electrons. The van der Waals surface area contributed by atoms with Gasteiger partial charge in [-0.1, -0.05) is 28.4 Å². The van der Waals surface area contributed by atoms with E-state index in [9.17, 15) is 9.59 Å². The summed E-state index contributed by atoms with van der Waals surface area (Å²) in [6, 6.07) is 1.64. The summed E-state index contributed by atoms with van der Waals surface area (Å²) in [6.45, 7) is 4.24. The van der Waals surface area contributed by atoms with Crippen LogP contribution in [0, 0.1) is 6.92 Å². The smallest absolute Gasteiger partial charge is 0.275 e. The van der Waals surface area contributed by atoms with Gasteiger partial charge in [0.05, 0.1) is 34.6 Å². The number of aryl methyl sites for hydroxylation is 2. The van der Waals surface area contributed by atoms with Gasteiger partial charge < -0.3 is 10.2 Å². The van der Waals surface area contributed by atoms with Crippen molar-refractivity contribution in [2.45, 2.75) is 26.3 Å². The molecular weight excluding hydrogens is 451 g/mol. The number of amides is 2. The average molecular weight is 471 g/mol. The summed E-state index contributed by atoms with van der Waals surface area (Å²) in [6.07, 6.45) is 4.22. The molecule has 0 aliphatic carbocycles. The van der Waals surface area contributed by atoms with Crippen molar-refractivity contribution in [3.63, 3.8) is 0 Å². The van der Waals surface area contributed by atoms with Crippen LogP contribution in [0.15, 0.2) is 34.5 Å². The normalized spacial score (nSPS) is 19.8. The first-order chi connectivity index (χ1) is 15.3. The van der Waals surface area contributed by atoms with E-state index >= 15 is 0 Å². The van der Waals surface area contributed by atoms with Crippen LogP contribution in [0.2, 0.25) is 10.0 Å². The Kier molecular flexibility index (Phi) is 4.94. The molecule has 5 rings (SSSR count). The van der Waals surface area contributed by atoms with Gasteiger partial charge in [-0.15, -0.1) is 5.10 Å². The van der Waals surface area contributed by atoms with Crippen LogP contribution in [0.4, 0.5) is 0 Å². The number of rotatable bonds is 3. The van der Waals surface area contributed by atoms with Gasteiger partial charge in [0.2, 0.25) is 0 Å². The second-order valence-electron chi connectivity index (χ2n) is 8.12.